The molecule has 5 nitrogen and oxygen atoms in total. The lowest BCUT2D eigenvalue weighted by Gasteiger charge is -2.22. The molecule has 100 valence electrons. The standard InChI is InChI=1S/C12H17FN2O3/c1-17-8-6-15(7-9-18-2)12(16)10-4-3-5-14-11(10)13/h3-5H,6-9H2,1-2H3. The van der Waals surface area contributed by atoms with E-state index < -0.39 is 11.9 Å². The molecule has 1 rings (SSSR count). The average molecular weight is 256 g/mol. The minimum absolute atomic E-state index is 0.0373. The van der Waals surface area contributed by atoms with Crippen molar-refractivity contribution in [2.24, 2.45) is 0 Å². The van der Waals surface area contributed by atoms with E-state index in [0.717, 1.165) is 0 Å². The van der Waals surface area contributed by atoms with Crippen molar-refractivity contribution < 1.29 is 18.7 Å². The minimum Gasteiger partial charge on any atom is -0.383 e. The molecule has 18 heavy (non-hydrogen) atoms. The molecule has 0 unspecified atom stereocenters. The first kappa shape index (κ1) is 14.5. The fraction of sp³-hybridized carbons (Fsp3) is 0.500. The first-order valence-corrected chi connectivity index (χ1v) is 5.58. The zero-order valence-electron chi connectivity index (χ0n) is 10.6. The summed E-state index contributed by atoms with van der Waals surface area (Å²) in [5.74, 6) is -1.17. The molecular weight excluding hydrogens is 239 g/mol. The second-order valence-corrected chi connectivity index (χ2v) is 3.62. The van der Waals surface area contributed by atoms with Crippen LogP contribution >= 0.6 is 0 Å². The molecule has 0 aliphatic rings. The number of halogens is 1. The lowest BCUT2D eigenvalue weighted by molar-refractivity contribution is 0.0622. The van der Waals surface area contributed by atoms with Crippen LogP contribution in [0, 0.1) is 5.95 Å². The van der Waals surface area contributed by atoms with Crippen LogP contribution in [0.2, 0.25) is 0 Å². The topological polar surface area (TPSA) is 51.7 Å². The Morgan fingerprint density at radius 1 is 1.33 bits per heavy atom. The highest BCUT2D eigenvalue weighted by Crippen LogP contribution is 2.07. The van der Waals surface area contributed by atoms with Crippen LogP contribution in [-0.4, -0.2) is 56.3 Å². The Kier molecular flexibility index (Phi) is 6.24. The summed E-state index contributed by atoms with van der Waals surface area (Å²) >= 11 is 0. The number of methoxy groups -OCH3 is 2. The third-order valence-corrected chi connectivity index (χ3v) is 2.41. The highest BCUT2D eigenvalue weighted by molar-refractivity contribution is 5.94. The minimum atomic E-state index is -0.762. The largest absolute Gasteiger partial charge is 0.383 e. The van der Waals surface area contributed by atoms with Gasteiger partial charge in [0.25, 0.3) is 5.91 Å². The Balaban J connectivity index is 2.77. The van der Waals surface area contributed by atoms with Gasteiger partial charge >= 0.3 is 0 Å². The summed E-state index contributed by atoms with van der Waals surface area (Å²) in [6.07, 6.45) is 1.31. The molecule has 0 radical (unpaired) electrons. The van der Waals surface area contributed by atoms with E-state index >= 15 is 0 Å². The van der Waals surface area contributed by atoms with E-state index in [4.69, 9.17) is 9.47 Å². The predicted octanol–water partition coefficient (Wildman–Crippen LogP) is 0.956. The van der Waals surface area contributed by atoms with Gasteiger partial charge in [-0.05, 0) is 12.1 Å². The summed E-state index contributed by atoms with van der Waals surface area (Å²) in [7, 11) is 3.09. The summed E-state index contributed by atoms with van der Waals surface area (Å²) in [5, 5.41) is 0. The normalized spacial score (nSPS) is 10.4. The predicted molar refractivity (Wildman–Crippen MR) is 63.9 cm³/mol. The van der Waals surface area contributed by atoms with Crippen molar-refractivity contribution in [3.63, 3.8) is 0 Å². The molecule has 1 aromatic heterocycles. The van der Waals surface area contributed by atoms with Gasteiger partial charge in [0, 0.05) is 33.5 Å². The van der Waals surface area contributed by atoms with Gasteiger partial charge in [-0.1, -0.05) is 0 Å². The Morgan fingerprint density at radius 2 is 1.94 bits per heavy atom. The first-order chi connectivity index (χ1) is 8.70. The maximum absolute atomic E-state index is 13.4. The summed E-state index contributed by atoms with van der Waals surface area (Å²) < 4.78 is 23.3. The van der Waals surface area contributed by atoms with Crippen LogP contribution in [-0.2, 0) is 9.47 Å². The quantitative estimate of drug-likeness (QED) is 0.682. The van der Waals surface area contributed by atoms with Crippen molar-refractivity contribution >= 4 is 5.91 Å². The second kappa shape index (κ2) is 7.73. The summed E-state index contributed by atoms with van der Waals surface area (Å²) in [5.41, 5.74) is -0.0373. The van der Waals surface area contributed by atoms with Gasteiger partial charge in [-0.3, -0.25) is 4.79 Å². The number of pyridine rings is 1. The van der Waals surface area contributed by atoms with Crippen molar-refractivity contribution in [3.05, 3.63) is 29.8 Å². The highest BCUT2D eigenvalue weighted by Gasteiger charge is 2.19. The Bertz CT molecular complexity index is 379. The number of carbonyl (C=O) groups excluding carboxylic acids is 1. The van der Waals surface area contributed by atoms with Gasteiger partial charge in [0.2, 0.25) is 5.95 Å². The number of amides is 1. The zero-order valence-corrected chi connectivity index (χ0v) is 10.6. The number of ether oxygens (including phenoxy) is 2. The van der Waals surface area contributed by atoms with Crippen molar-refractivity contribution in [2.45, 2.75) is 0 Å². The maximum Gasteiger partial charge on any atom is 0.258 e. The number of nitrogens with zero attached hydrogens (tertiary/aromatic N) is 2. The summed E-state index contributed by atoms with van der Waals surface area (Å²) in [6.45, 7) is 1.54. The lowest BCUT2D eigenvalue weighted by atomic mass is 10.2. The van der Waals surface area contributed by atoms with Gasteiger partial charge in [-0.15, -0.1) is 0 Å². The fourth-order valence-corrected chi connectivity index (χ4v) is 1.43. The fourth-order valence-electron chi connectivity index (χ4n) is 1.43. The number of aromatic nitrogens is 1. The van der Waals surface area contributed by atoms with Crippen molar-refractivity contribution in [2.75, 3.05) is 40.5 Å². The molecule has 0 saturated heterocycles. The molecule has 1 amide bonds. The van der Waals surface area contributed by atoms with E-state index in [-0.39, 0.29) is 5.56 Å². The Labute approximate surface area is 106 Å². The van der Waals surface area contributed by atoms with Crippen LogP contribution < -0.4 is 0 Å². The van der Waals surface area contributed by atoms with Gasteiger partial charge in [0.1, 0.15) is 0 Å². The third-order valence-electron chi connectivity index (χ3n) is 2.41. The molecule has 0 aliphatic carbocycles. The van der Waals surface area contributed by atoms with Gasteiger partial charge in [0.15, 0.2) is 0 Å². The van der Waals surface area contributed by atoms with E-state index in [2.05, 4.69) is 4.98 Å². The lowest BCUT2D eigenvalue weighted by Crippen LogP contribution is -2.37. The molecule has 0 atom stereocenters. The van der Waals surface area contributed by atoms with Gasteiger partial charge in [-0.25, -0.2) is 4.98 Å². The summed E-state index contributed by atoms with van der Waals surface area (Å²) in [4.78, 5) is 17.1. The van der Waals surface area contributed by atoms with Crippen molar-refractivity contribution in [1.82, 2.24) is 9.88 Å². The molecule has 0 fully saturated rings. The molecule has 0 spiro atoms. The molecule has 0 N–H and O–H groups in total. The van der Waals surface area contributed by atoms with Gasteiger partial charge < -0.3 is 14.4 Å². The van der Waals surface area contributed by atoms with E-state index in [9.17, 15) is 9.18 Å². The molecule has 6 heteroatoms. The molecule has 0 aromatic carbocycles. The Hall–Kier alpha value is -1.53. The number of hydrogen-bond donors (Lipinski definition) is 0. The Morgan fingerprint density at radius 3 is 2.44 bits per heavy atom. The maximum atomic E-state index is 13.4. The van der Waals surface area contributed by atoms with E-state index in [1.54, 1.807) is 14.2 Å². The first-order valence-electron chi connectivity index (χ1n) is 5.58. The van der Waals surface area contributed by atoms with Crippen LogP contribution in [0.1, 0.15) is 10.4 Å². The van der Waals surface area contributed by atoms with E-state index in [0.29, 0.717) is 26.3 Å². The van der Waals surface area contributed by atoms with Gasteiger partial charge in [0.05, 0.1) is 18.8 Å². The van der Waals surface area contributed by atoms with E-state index in [1.807, 2.05) is 0 Å². The molecule has 0 bridgehead atoms. The van der Waals surface area contributed by atoms with Gasteiger partial charge in [-0.2, -0.15) is 4.39 Å². The van der Waals surface area contributed by atoms with E-state index in [1.165, 1.54) is 23.2 Å². The number of rotatable bonds is 7. The van der Waals surface area contributed by atoms with Crippen LogP contribution in [0.5, 0.6) is 0 Å². The monoisotopic (exact) mass is 256 g/mol. The zero-order chi connectivity index (χ0) is 13.4. The molecular formula is C12H17FN2O3. The highest BCUT2D eigenvalue weighted by atomic mass is 19.1. The number of hydrogen-bond acceptors (Lipinski definition) is 4. The van der Waals surface area contributed by atoms with Crippen LogP contribution in [0.25, 0.3) is 0 Å². The van der Waals surface area contributed by atoms with Crippen LogP contribution in [0.3, 0.4) is 0 Å². The summed E-state index contributed by atoms with van der Waals surface area (Å²) in [6, 6.07) is 2.94. The smallest absolute Gasteiger partial charge is 0.258 e. The van der Waals surface area contributed by atoms with Crippen molar-refractivity contribution in [3.8, 4) is 0 Å². The van der Waals surface area contributed by atoms with Crippen molar-refractivity contribution in [1.29, 1.82) is 0 Å². The van der Waals surface area contributed by atoms with Crippen LogP contribution in [0.15, 0.2) is 18.3 Å². The molecule has 1 heterocycles. The molecule has 0 saturated carbocycles. The molecule has 1 aromatic rings. The molecule has 0 aliphatic heterocycles. The average Bonchev–Trinajstić information content (AvgIpc) is 2.39. The van der Waals surface area contributed by atoms with Crippen LogP contribution in [0.4, 0.5) is 4.39 Å². The number of carbonyl (C=O) groups is 1. The SMILES string of the molecule is COCCN(CCOC)C(=O)c1cccnc1F. The second-order valence-electron chi connectivity index (χ2n) is 3.62. The third kappa shape index (κ3) is 4.05.